The van der Waals surface area contributed by atoms with E-state index in [-0.39, 0.29) is 0 Å². The van der Waals surface area contributed by atoms with Crippen LogP contribution in [0.15, 0.2) is 58.5 Å². The van der Waals surface area contributed by atoms with Crippen molar-refractivity contribution in [1.29, 1.82) is 0 Å². The van der Waals surface area contributed by atoms with Crippen molar-refractivity contribution >= 4 is 46.0 Å². The Morgan fingerprint density at radius 1 is 1.08 bits per heavy atom. The molecule has 118 valence electrons. The molecule has 4 aromatic rings. The highest BCUT2D eigenvalue weighted by molar-refractivity contribution is 7.98. The topological polar surface area (TPSA) is 78.8 Å². The van der Waals surface area contributed by atoms with Crippen LogP contribution in [-0.4, -0.2) is 32.6 Å². The Morgan fingerprint density at radius 3 is 2.75 bits per heavy atom. The molecule has 0 radical (unpaired) electrons. The van der Waals surface area contributed by atoms with Crippen LogP contribution in [-0.2, 0) is 0 Å². The molecule has 2 N–H and O–H groups in total. The molecule has 6 nitrogen and oxygen atoms in total. The second-order valence-electron chi connectivity index (χ2n) is 5.15. The van der Waals surface area contributed by atoms with Crippen LogP contribution in [0.2, 0.25) is 0 Å². The van der Waals surface area contributed by atoms with Gasteiger partial charge in [0.05, 0.1) is 6.21 Å². The van der Waals surface area contributed by atoms with Crippen LogP contribution in [0, 0.1) is 0 Å². The van der Waals surface area contributed by atoms with Crippen molar-refractivity contribution in [2.45, 2.75) is 4.90 Å². The van der Waals surface area contributed by atoms with Crippen LogP contribution in [0.5, 0.6) is 0 Å². The molecule has 2 aromatic heterocycles. The van der Waals surface area contributed by atoms with Gasteiger partial charge >= 0.3 is 0 Å². The van der Waals surface area contributed by atoms with Crippen molar-refractivity contribution in [3.63, 3.8) is 0 Å². The van der Waals surface area contributed by atoms with E-state index in [9.17, 15) is 0 Å². The van der Waals surface area contributed by atoms with Gasteiger partial charge in [-0.25, -0.2) is 5.43 Å². The van der Waals surface area contributed by atoms with Gasteiger partial charge in [-0.15, -0.1) is 22.0 Å². The number of thioether (sulfide) groups is 1. The highest BCUT2D eigenvalue weighted by Gasteiger charge is 2.07. The number of hydrazone groups is 1. The predicted octanol–water partition coefficient (Wildman–Crippen LogP) is 3.67. The summed E-state index contributed by atoms with van der Waals surface area (Å²) in [5, 5.41) is 13.5. The van der Waals surface area contributed by atoms with Crippen molar-refractivity contribution in [1.82, 2.24) is 20.2 Å². The predicted molar refractivity (Wildman–Crippen MR) is 98.6 cm³/mol. The Balaban J connectivity index is 1.55. The number of para-hydroxylation sites is 1. The molecule has 0 spiro atoms. The lowest BCUT2D eigenvalue weighted by Crippen LogP contribution is -1.98. The van der Waals surface area contributed by atoms with E-state index >= 15 is 0 Å². The van der Waals surface area contributed by atoms with Crippen LogP contribution in [0.1, 0.15) is 5.56 Å². The van der Waals surface area contributed by atoms with Gasteiger partial charge in [0.2, 0.25) is 0 Å². The minimum absolute atomic E-state index is 0.353. The van der Waals surface area contributed by atoms with Crippen molar-refractivity contribution < 1.29 is 0 Å². The number of aromatic nitrogens is 4. The van der Waals surface area contributed by atoms with Gasteiger partial charge in [-0.05, 0) is 30.0 Å². The third-order valence-electron chi connectivity index (χ3n) is 3.62. The largest absolute Gasteiger partial charge is 0.338 e. The summed E-state index contributed by atoms with van der Waals surface area (Å²) in [5.74, 6) is 0.353. The van der Waals surface area contributed by atoms with Crippen LogP contribution >= 0.6 is 11.8 Å². The number of hydrogen-bond acceptors (Lipinski definition) is 6. The van der Waals surface area contributed by atoms with Crippen molar-refractivity contribution in [3.8, 4) is 0 Å². The first kappa shape index (κ1) is 14.6. The van der Waals surface area contributed by atoms with E-state index in [0.29, 0.717) is 11.6 Å². The van der Waals surface area contributed by atoms with Gasteiger partial charge in [-0.1, -0.05) is 30.3 Å². The molecule has 7 heteroatoms. The molecule has 24 heavy (non-hydrogen) atoms. The Hall–Kier alpha value is -2.93. The van der Waals surface area contributed by atoms with Gasteiger partial charge in [0.25, 0.3) is 5.95 Å². The van der Waals surface area contributed by atoms with E-state index in [4.69, 9.17) is 0 Å². The molecule has 0 bridgehead atoms. The van der Waals surface area contributed by atoms with Gasteiger partial charge < -0.3 is 4.98 Å². The molecule has 0 aliphatic heterocycles. The fourth-order valence-electron chi connectivity index (χ4n) is 2.42. The molecule has 0 saturated heterocycles. The Morgan fingerprint density at radius 2 is 1.92 bits per heavy atom. The van der Waals surface area contributed by atoms with E-state index in [1.807, 2.05) is 36.4 Å². The normalized spacial score (nSPS) is 11.5. The maximum atomic E-state index is 4.41. The fourth-order valence-corrected chi connectivity index (χ4v) is 2.83. The molecule has 0 fully saturated rings. The Kier molecular flexibility index (Phi) is 3.84. The number of rotatable bonds is 4. The lowest BCUT2D eigenvalue weighted by Gasteiger charge is -1.98. The summed E-state index contributed by atoms with van der Waals surface area (Å²) in [5.41, 5.74) is 6.25. The molecule has 2 aromatic carbocycles. The summed E-state index contributed by atoms with van der Waals surface area (Å²) in [6.45, 7) is 0. The molecule has 0 atom stereocenters. The summed E-state index contributed by atoms with van der Waals surface area (Å²) < 4.78 is 0. The second kappa shape index (κ2) is 6.29. The summed E-state index contributed by atoms with van der Waals surface area (Å²) in [6.07, 6.45) is 3.78. The average Bonchev–Trinajstić information content (AvgIpc) is 3.00. The molecular weight excluding hydrogens is 320 g/mol. The quantitative estimate of drug-likeness (QED) is 0.338. The molecule has 4 rings (SSSR count). The number of nitrogens with one attached hydrogen (secondary N) is 2. The molecule has 0 saturated carbocycles. The third kappa shape index (κ3) is 2.81. The number of H-pyrrole nitrogens is 1. The number of fused-ring (bicyclic) bond motifs is 3. The zero-order valence-corrected chi connectivity index (χ0v) is 13.7. The van der Waals surface area contributed by atoms with Crippen LogP contribution < -0.4 is 5.43 Å². The number of hydrogen-bond donors (Lipinski definition) is 2. The summed E-state index contributed by atoms with van der Waals surface area (Å²) in [7, 11) is 0. The maximum Gasteiger partial charge on any atom is 0.265 e. The third-order valence-corrected chi connectivity index (χ3v) is 4.36. The van der Waals surface area contributed by atoms with Gasteiger partial charge in [0.1, 0.15) is 5.52 Å². The Bertz CT molecular complexity index is 1020. The fraction of sp³-hybridized carbons (Fsp3) is 0.0588. The summed E-state index contributed by atoms with van der Waals surface area (Å²) >= 11 is 1.71. The zero-order chi connectivity index (χ0) is 16.4. The van der Waals surface area contributed by atoms with Crippen LogP contribution in [0.3, 0.4) is 0 Å². The summed E-state index contributed by atoms with van der Waals surface area (Å²) in [6, 6.07) is 16.1. The van der Waals surface area contributed by atoms with E-state index in [1.165, 1.54) is 4.90 Å². The lowest BCUT2D eigenvalue weighted by atomic mass is 10.2. The molecule has 0 amide bonds. The molecular formula is C17H14N6S. The SMILES string of the molecule is CSc1ccc(C=NNc2nnc3c(n2)[nH]c2ccccc23)cc1. The van der Waals surface area contributed by atoms with Gasteiger partial charge in [0, 0.05) is 15.8 Å². The highest BCUT2D eigenvalue weighted by atomic mass is 32.2. The van der Waals surface area contributed by atoms with E-state index in [2.05, 4.69) is 49.1 Å². The molecule has 2 heterocycles. The number of aromatic amines is 1. The van der Waals surface area contributed by atoms with Crippen molar-refractivity contribution in [3.05, 3.63) is 54.1 Å². The van der Waals surface area contributed by atoms with Crippen LogP contribution in [0.25, 0.3) is 22.1 Å². The number of benzene rings is 2. The maximum absolute atomic E-state index is 4.41. The molecule has 0 aliphatic carbocycles. The zero-order valence-electron chi connectivity index (χ0n) is 12.9. The minimum Gasteiger partial charge on any atom is -0.338 e. The first-order valence-electron chi connectivity index (χ1n) is 7.38. The van der Waals surface area contributed by atoms with Crippen molar-refractivity contribution in [2.24, 2.45) is 5.10 Å². The smallest absolute Gasteiger partial charge is 0.265 e. The van der Waals surface area contributed by atoms with Gasteiger partial charge in [-0.2, -0.15) is 10.1 Å². The van der Waals surface area contributed by atoms with Crippen molar-refractivity contribution in [2.75, 3.05) is 11.7 Å². The first-order chi connectivity index (χ1) is 11.8. The van der Waals surface area contributed by atoms with Gasteiger partial charge in [-0.3, -0.25) is 0 Å². The first-order valence-corrected chi connectivity index (χ1v) is 8.60. The monoisotopic (exact) mass is 334 g/mol. The minimum atomic E-state index is 0.353. The second-order valence-corrected chi connectivity index (χ2v) is 6.03. The van der Waals surface area contributed by atoms with Gasteiger partial charge in [0.15, 0.2) is 5.65 Å². The van der Waals surface area contributed by atoms with Crippen LogP contribution in [0.4, 0.5) is 5.95 Å². The Labute approximate surface area is 142 Å². The molecule has 0 unspecified atom stereocenters. The molecule has 0 aliphatic rings. The standard InChI is InChI=1S/C17H14N6S/c1-24-12-8-6-11(7-9-12)10-18-22-17-20-16-15(21-23-17)13-4-2-3-5-14(13)19-16/h2-10H,1H3,(H2,19,20,22,23). The van der Waals surface area contributed by atoms with E-state index < -0.39 is 0 Å². The number of nitrogens with zero attached hydrogens (tertiary/aromatic N) is 4. The highest BCUT2D eigenvalue weighted by Crippen LogP contribution is 2.21. The average molecular weight is 334 g/mol. The van der Waals surface area contributed by atoms with E-state index in [1.54, 1.807) is 18.0 Å². The number of anilines is 1. The lowest BCUT2D eigenvalue weighted by molar-refractivity contribution is 1.01. The summed E-state index contributed by atoms with van der Waals surface area (Å²) in [4.78, 5) is 8.86. The van der Waals surface area contributed by atoms with E-state index in [0.717, 1.165) is 22.0 Å².